The third-order valence-electron chi connectivity index (χ3n) is 11.9. The maximum atomic E-state index is 15.0. The number of amides is 1. The number of esters is 2. The molecule has 57 heavy (non-hydrogen) atoms. The van der Waals surface area contributed by atoms with Crippen LogP contribution in [0.3, 0.4) is 0 Å². The molecule has 1 aliphatic heterocycles. The Hall–Kier alpha value is -5.55. The number of phenolic OH excluding ortho intramolecular Hbond substituents is 2. The number of carbonyl (C=O) groups excluding carboxylic acids is 5. The SMILES string of the molecule is C/C=C(/CC)C(=O)O[C@@H]1[C@H](O)C[C@H](c2ccc3c(c2O)C(O)=C2C(=O)[C@@]4(OC)C(O)=C(C(N)=O)C(=O)[C@H](OC(=O)c5ccccc5O)[C@@H]4C[C@@H]2[C@@]3(C)OC)O[C@H]1C. The van der Waals surface area contributed by atoms with Gasteiger partial charge in [-0.3, -0.25) is 14.4 Å². The van der Waals surface area contributed by atoms with E-state index in [1.54, 1.807) is 39.8 Å². The summed E-state index contributed by atoms with van der Waals surface area (Å²) >= 11 is 0. The van der Waals surface area contributed by atoms with Crippen molar-refractivity contribution in [2.45, 2.75) is 88.7 Å². The number of Topliss-reactive ketones (excluding diaryl/α,β-unsaturated/α-hetero) is 2. The number of carbonyl (C=O) groups is 5. The first-order valence-electron chi connectivity index (χ1n) is 18.4. The summed E-state index contributed by atoms with van der Waals surface area (Å²) in [6, 6.07) is 8.36. The van der Waals surface area contributed by atoms with Crippen molar-refractivity contribution in [3.8, 4) is 11.5 Å². The normalized spacial score (nSPS) is 31.3. The number of para-hydroxylation sites is 1. The van der Waals surface area contributed by atoms with Crippen molar-refractivity contribution < 1.29 is 73.2 Å². The highest BCUT2D eigenvalue weighted by Gasteiger charge is 2.68. The van der Waals surface area contributed by atoms with Crippen molar-refractivity contribution in [1.82, 2.24) is 0 Å². The molecule has 2 aromatic rings. The lowest BCUT2D eigenvalue weighted by atomic mass is 9.55. The van der Waals surface area contributed by atoms with Crippen LogP contribution in [0.2, 0.25) is 0 Å². The van der Waals surface area contributed by atoms with Gasteiger partial charge in [0.1, 0.15) is 34.2 Å². The molecule has 9 atom stereocenters. The van der Waals surface area contributed by atoms with Crippen LogP contribution in [0.15, 0.2) is 65.0 Å². The summed E-state index contributed by atoms with van der Waals surface area (Å²) in [6.45, 7) is 6.66. The third kappa shape index (κ3) is 6.18. The smallest absolute Gasteiger partial charge is 0.342 e. The summed E-state index contributed by atoms with van der Waals surface area (Å²) in [5, 5.41) is 57.1. The van der Waals surface area contributed by atoms with E-state index >= 15 is 0 Å². The number of nitrogens with two attached hydrogens (primary N) is 1. The van der Waals surface area contributed by atoms with E-state index in [1.807, 2.05) is 0 Å². The molecule has 16 nitrogen and oxygen atoms in total. The van der Waals surface area contributed by atoms with Gasteiger partial charge in [-0.25, -0.2) is 9.59 Å². The molecule has 0 unspecified atom stereocenters. The average molecular weight is 792 g/mol. The molecule has 2 aromatic carbocycles. The molecule has 0 radical (unpaired) electrons. The Morgan fingerprint density at radius 2 is 1.68 bits per heavy atom. The second kappa shape index (κ2) is 15.1. The number of ketones is 2. The molecule has 1 saturated carbocycles. The van der Waals surface area contributed by atoms with Crippen molar-refractivity contribution in [3.05, 3.63) is 87.2 Å². The fourth-order valence-electron chi connectivity index (χ4n) is 8.82. The Kier molecular flexibility index (Phi) is 10.9. The van der Waals surface area contributed by atoms with Crippen LogP contribution in [-0.4, -0.2) is 99.2 Å². The van der Waals surface area contributed by atoms with Crippen molar-refractivity contribution >= 4 is 35.2 Å². The fourth-order valence-corrected chi connectivity index (χ4v) is 8.82. The Bertz CT molecular complexity index is 2140. The van der Waals surface area contributed by atoms with Crippen LogP contribution in [0.5, 0.6) is 11.5 Å². The number of aliphatic hydroxyl groups is 3. The molecule has 1 saturated heterocycles. The van der Waals surface area contributed by atoms with Crippen LogP contribution in [0, 0.1) is 11.8 Å². The van der Waals surface area contributed by atoms with Gasteiger partial charge in [0, 0.05) is 49.2 Å². The molecule has 2 fully saturated rings. The number of benzene rings is 2. The molecule has 304 valence electrons. The van der Waals surface area contributed by atoms with Gasteiger partial charge in [0.2, 0.25) is 11.6 Å². The second-order valence-corrected chi connectivity index (χ2v) is 14.6. The minimum atomic E-state index is -2.63. The van der Waals surface area contributed by atoms with Gasteiger partial charge in [0.15, 0.2) is 17.8 Å². The maximum absolute atomic E-state index is 15.0. The number of hydrogen-bond donors (Lipinski definition) is 6. The molecule has 6 rings (SSSR count). The minimum absolute atomic E-state index is 0.108. The number of hydrogen-bond acceptors (Lipinski definition) is 15. The van der Waals surface area contributed by atoms with Gasteiger partial charge in [-0.2, -0.15) is 0 Å². The molecule has 16 heteroatoms. The number of primary amides is 1. The first-order valence-corrected chi connectivity index (χ1v) is 18.4. The number of phenols is 2. The average Bonchev–Trinajstić information content (AvgIpc) is 3.17. The van der Waals surface area contributed by atoms with E-state index in [4.69, 9.17) is 29.4 Å². The Balaban J connectivity index is 1.45. The molecular weight excluding hydrogens is 746 g/mol. The first kappa shape index (κ1) is 41.1. The highest BCUT2D eigenvalue weighted by atomic mass is 16.6. The number of allylic oxidation sites excluding steroid dienone is 1. The van der Waals surface area contributed by atoms with Crippen LogP contribution in [0.25, 0.3) is 5.76 Å². The summed E-state index contributed by atoms with van der Waals surface area (Å²) < 4.78 is 29.1. The lowest BCUT2D eigenvalue weighted by Crippen LogP contribution is -2.66. The summed E-state index contributed by atoms with van der Waals surface area (Å²) in [6.07, 6.45) is -4.51. The summed E-state index contributed by atoms with van der Waals surface area (Å²) in [5.41, 5.74) is -0.00270. The van der Waals surface area contributed by atoms with Crippen LogP contribution in [-0.2, 0) is 48.5 Å². The standard InChI is InChI=1S/C41H45NO15/c1-7-18(8-2)38(51)56-33-17(3)55-26(16-25(33)44)20-13-14-21-27(30(20)45)31(46)28-22(40(21,4)53-5)15-23-34(57-39(52)19-11-9-10-12-24(19)43)32(47)29(37(42)50)36(49)41(23,54-6)35(28)48/h7,9-14,17,22-23,25-26,33-34,43-46,49H,8,15-16H2,1-6H3,(H2,42,50)/b18-7-/t17-,22-,23-,25+,26+,33-,34+,40-,41+/m0/s1. The molecule has 3 aliphatic carbocycles. The highest BCUT2D eigenvalue weighted by molar-refractivity contribution is 6.24. The van der Waals surface area contributed by atoms with E-state index in [0.29, 0.717) is 12.0 Å². The van der Waals surface area contributed by atoms with E-state index in [0.717, 1.165) is 7.11 Å². The fraction of sp³-hybridized carbons (Fsp3) is 0.439. The van der Waals surface area contributed by atoms with Gasteiger partial charge in [-0.1, -0.05) is 37.3 Å². The van der Waals surface area contributed by atoms with Gasteiger partial charge < -0.3 is 55.0 Å². The van der Waals surface area contributed by atoms with Gasteiger partial charge in [-0.15, -0.1) is 0 Å². The van der Waals surface area contributed by atoms with Crippen molar-refractivity contribution in [3.63, 3.8) is 0 Å². The van der Waals surface area contributed by atoms with E-state index in [1.165, 1.54) is 37.4 Å². The monoisotopic (exact) mass is 791 g/mol. The number of fused-ring (bicyclic) bond motifs is 3. The molecule has 0 aromatic heterocycles. The van der Waals surface area contributed by atoms with Crippen molar-refractivity contribution in [1.29, 1.82) is 0 Å². The second-order valence-electron chi connectivity index (χ2n) is 14.6. The van der Waals surface area contributed by atoms with Crippen molar-refractivity contribution in [2.75, 3.05) is 14.2 Å². The van der Waals surface area contributed by atoms with Gasteiger partial charge in [0.25, 0.3) is 5.91 Å². The summed E-state index contributed by atoms with van der Waals surface area (Å²) in [4.78, 5) is 67.7. The van der Waals surface area contributed by atoms with Crippen LogP contribution < -0.4 is 5.73 Å². The maximum Gasteiger partial charge on any atom is 0.342 e. The van der Waals surface area contributed by atoms with E-state index in [2.05, 4.69) is 0 Å². The molecular formula is C41H45NO15. The highest BCUT2D eigenvalue weighted by Crippen LogP contribution is 2.60. The van der Waals surface area contributed by atoms with Gasteiger partial charge >= 0.3 is 11.9 Å². The largest absolute Gasteiger partial charge is 0.508 e. The van der Waals surface area contributed by atoms with Crippen LogP contribution in [0.1, 0.15) is 80.1 Å². The number of methoxy groups -OCH3 is 2. The molecule has 4 aliphatic rings. The number of aromatic hydroxyl groups is 2. The predicted molar refractivity (Wildman–Crippen MR) is 197 cm³/mol. The van der Waals surface area contributed by atoms with E-state index in [-0.39, 0.29) is 35.1 Å². The first-order chi connectivity index (χ1) is 26.9. The lowest BCUT2D eigenvalue weighted by molar-refractivity contribution is -0.191. The van der Waals surface area contributed by atoms with E-state index in [9.17, 15) is 49.5 Å². The predicted octanol–water partition coefficient (Wildman–Crippen LogP) is 3.42. The molecule has 7 N–H and O–H groups in total. The molecule has 1 heterocycles. The zero-order valence-corrected chi connectivity index (χ0v) is 32.1. The van der Waals surface area contributed by atoms with E-state index < -0.39 is 117 Å². The topological polar surface area (TPSA) is 259 Å². The van der Waals surface area contributed by atoms with Gasteiger partial charge in [0.05, 0.1) is 29.5 Å². The van der Waals surface area contributed by atoms with Crippen molar-refractivity contribution in [2.24, 2.45) is 17.6 Å². The quantitative estimate of drug-likeness (QED) is 0.121. The lowest BCUT2D eigenvalue weighted by Gasteiger charge is -2.53. The Labute approximate surface area is 327 Å². The minimum Gasteiger partial charge on any atom is -0.508 e. The number of rotatable bonds is 9. The summed E-state index contributed by atoms with van der Waals surface area (Å²) in [5.74, 6) is -11.3. The number of aliphatic hydroxyl groups excluding tert-OH is 3. The Morgan fingerprint density at radius 3 is 2.26 bits per heavy atom. The molecule has 0 bridgehead atoms. The Morgan fingerprint density at radius 1 is 1.00 bits per heavy atom. The van der Waals surface area contributed by atoms with Crippen LogP contribution >= 0.6 is 0 Å². The zero-order valence-electron chi connectivity index (χ0n) is 32.1. The number of ether oxygens (including phenoxy) is 5. The zero-order chi connectivity index (χ0) is 41.9. The third-order valence-corrected chi connectivity index (χ3v) is 11.9. The van der Waals surface area contributed by atoms with Gasteiger partial charge in [-0.05, 0) is 51.3 Å². The van der Waals surface area contributed by atoms with Crippen LogP contribution in [0.4, 0.5) is 0 Å². The molecule has 1 amide bonds. The summed E-state index contributed by atoms with van der Waals surface area (Å²) in [7, 11) is 2.33. The molecule has 0 spiro atoms.